The summed E-state index contributed by atoms with van der Waals surface area (Å²) in [5.41, 5.74) is -0.539. The van der Waals surface area contributed by atoms with Crippen LogP contribution in [0.15, 0.2) is 43.0 Å². The summed E-state index contributed by atoms with van der Waals surface area (Å²) in [5, 5.41) is 19.8. The predicted molar refractivity (Wildman–Crippen MR) is 339 cm³/mol. The number of unbranched alkanes of at least 4 members (excludes halogenated alkanes) is 6. The highest BCUT2D eigenvalue weighted by atomic mass is 16.5. The van der Waals surface area contributed by atoms with Crippen LogP contribution in [-0.2, 0) is 82.9 Å². The first-order valence-electron chi connectivity index (χ1n) is 33.9. The van der Waals surface area contributed by atoms with Crippen LogP contribution in [0.3, 0.4) is 0 Å². The minimum Gasteiger partial charge on any atom is -0.469 e. The van der Waals surface area contributed by atoms with Crippen molar-refractivity contribution in [3.8, 4) is 0 Å². The summed E-state index contributed by atoms with van der Waals surface area (Å²) in [5.74, 6) is -3.44. The van der Waals surface area contributed by atoms with Crippen LogP contribution in [0, 0.1) is 29.6 Å². The van der Waals surface area contributed by atoms with E-state index in [1.165, 1.54) is 34.9 Å². The number of methoxy groups -OCH3 is 4. The Morgan fingerprint density at radius 1 is 0.489 bits per heavy atom. The van der Waals surface area contributed by atoms with Crippen molar-refractivity contribution < 1.29 is 81.4 Å². The van der Waals surface area contributed by atoms with Crippen molar-refractivity contribution in [2.45, 2.75) is 267 Å². The summed E-state index contributed by atoms with van der Waals surface area (Å²) >= 11 is 0. The van der Waals surface area contributed by atoms with Crippen molar-refractivity contribution in [1.29, 1.82) is 0 Å². The minimum absolute atomic E-state index is 0.0405. The maximum Gasteiger partial charge on any atom is 0.310 e. The van der Waals surface area contributed by atoms with Crippen molar-refractivity contribution in [2.75, 3.05) is 48.3 Å². The van der Waals surface area contributed by atoms with Crippen molar-refractivity contribution in [3.63, 3.8) is 0 Å². The summed E-state index contributed by atoms with van der Waals surface area (Å²) in [7, 11) is 5.55. The van der Waals surface area contributed by atoms with Gasteiger partial charge in [-0.05, 0) is 147 Å². The second-order valence-electron chi connectivity index (χ2n) is 26.2. The topological polar surface area (TPSA) is 267 Å². The maximum absolute atomic E-state index is 12.5. The first-order chi connectivity index (χ1) is 43.3. The summed E-state index contributed by atoms with van der Waals surface area (Å²) < 4.78 is 42.7. The number of carbonyl (C=O) groups excluding carboxylic acids is 8. The number of nitrogens with one attached hydrogen (secondary N) is 3. The fourth-order valence-corrected chi connectivity index (χ4v) is 14.4. The molecular weight excluding hydrogens is 1150 g/mol. The van der Waals surface area contributed by atoms with Gasteiger partial charge < -0.3 is 59.0 Å². The smallest absolute Gasteiger partial charge is 0.310 e. The summed E-state index contributed by atoms with van der Waals surface area (Å²) in [6.45, 7) is 12.5. The molecule has 1 aromatic carbocycles. The van der Waals surface area contributed by atoms with Crippen LogP contribution in [0.1, 0.15) is 225 Å². The van der Waals surface area contributed by atoms with Crippen LogP contribution in [0.5, 0.6) is 0 Å². The van der Waals surface area contributed by atoms with Crippen LogP contribution in [0.2, 0.25) is 0 Å². The number of hydrogen-bond acceptors (Lipinski definition) is 17. The van der Waals surface area contributed by atoms with Gasteiger partial charge in [0.25, 0.3) is 0 Å². The standard InChI is InChI=1S/C19H24O5.C18H31NO4.C17H29NO4.C16H27NO4/c1-3-10-19(22)11-9-15(17(20)23-2)16(12-19)18(21)24-13-14-7-5-4-6-8-14;1-3-4-5-8-16(20)19-15-13-18(10-6-7-12-23-18)11-9-14(15)17(21)22-2;1-3-4-5-7-15(19)18-14-12-17(9-6-11-22-17)10-8-13(14)16(20)21-2;1-3-4-5-6-14(18)17-13-11-16(9-10-21-16)8-7-12(13)15(19)20-2/h3-8,15-16,22H,1,9-13H2,2H3;14-15H,3-13H2,1-2H3,(H,19,20);13-14H,3-12H2,1-2H3,(H,18,19);12-13H,3-11H2,1-2H3,(H,17,18)/t15-,16+,19?;14-,15+,18?;13-,14+,17?;12-,13+,16?/m0000/s1. The third-order valence-corrected chi connectivity index (χ3v) is 19.7. The molecule has 90 heavy (non-hydrogen) atoms. The molecule has 20 nitrogen and oxygen atoms in total. The highest BCUT2D eigenvalue weighted by molar-refractivity contribution is 5.83. The molecule has 3 saturated heterocycles. The van der Waals surface area contributed by atoms with E-state index in [0.29, 0.717) is 38.5 Å². The van der Waals surface area contributed by atoms with Crippen LogP contribution in [-0.4, -0.2) is 141 Å². The SMILES string of the molecule is C=CCC1(O)CC[C@H](C(=O)OC)[C@H](C(=O)OCc2ccccc2)C1.CCCCCC(=O)N[C@@H]1CC2(CCCCO2)CC[C@@H]1C(=O)OC.CCCCCC(=O)N[C@@H]1CC2(CCCO2)CC[C@@H]1C(=O)OC.CCCCCC(=O)N[C@@H]1CC2(CCO2)CC[C@@H]1C(=O)OC. The lowest BCUT2D eigenvalue weighted by atomic mass is 9.70. The Labute approximate surface area is 536 Å². The second kappa shape index (κ2) is 38.5. The number of esters is 5. The Hall–Kier alpha value is -5.44. The van der Waals surface area contributed by atoms with Gasteiger partial charge in [-0.15, -0.1) is 6.58 Å². The highest BCUT2D eigenvalue weighted by Crippen LogP contribution is 2.45. The van der Waals surface area contributed by atoms with Gasteiger partial charge in [-0.1, -0.05) is 95.7 Å². The zero-order chi connectivity index (χ0) is 65.6. The van der Waals surface area contributed by atoms with Crippen LogP contribution < -0.4 is 16.0 Å². The average molecular weight is 1270 g/mol. The average Bonchev–Trinajstić information content (AvgIpc) is 1.26. The molecular formula is C70H111N3O17. The van der Waals surface area contributed by atoms with Crippen molar-refractivity contribution in [2.24, 2.45) is 29.6 Å². The summed E-state index contributed by atoms with van der Waals surface area (Å²) in [6.07, 6.45) is 27.2. The van der Waals surface area contributed by atoms with Crippen LogP contribution in [0.25, 0.3) is 0 Å². The number of amides is 3. The summed E-state index contributed by atoms with van der Waals surface area (Å²) in [4.78, 5) is 96.9. The highest BCUT2D eigenvalue weighted by Gasteiger charge is 2.51. The van der Waals surface area contributed by atoms with E-state index in [1.54, 1.807) is 6.08 Å². The van der Waals surface area contributed by atoms with E-state index in [1.807, 2.05) is 30.3 Å². The van der Waals surface area contributed by atoms with E-state index in [2.05, 4.69) is 43.3 Å². The molecule has 3 amide bonds. The Kier molecular flexibility index (Phi) is 32.2. The largest absolute Gasteiger partial charge is 0.469 e. The lowest BCUT2D eigenvalue weighted by molar-refractivity contribution is -0.182. The fourth-order valence-electron chi connectivity index (χ4n) is 14.4. The van der Waals surface area contributed by atoms with Gasteiger partial charge >= 0.3 is 29.8 Å². The molecule has 3 heterocycles. The molecule has 0 bridgehead atoms. The Morgan fingerprint density at radius 3 is 1.24 bits per heavy atom. The number of ether oxygens (including phenoxy) is 8. The van der Waals surface area contributed by atoms with Gasteiger partial charge in [0, 0.05) is 50.6 Å². The fraction of sp³-hybridized carbons (Fsp3) is 0.771. The van der Waals surface area contributed by atoms with Crippen LogP contribution in [0.4, 0.5) is 0 Å². The van der Waals surface area contributed by atoms with E-state index < -0.39 is 29.4 Å². The minimum atomic E-state index is -1.03. The molecule has 20 heteroatoms. The molecule has 4 N–H and O–H groups in total. The van der Waals surface area contributed by atoms with Gasteiger partial charge in [-0.25, -0.2) is 0 Å². The zero-order valence-corrected chi connectivity index (χ0v) is 55.5. The molecule has 8 rings (SSSR count). The van der Waals surface area contributed by atoms with Gasteiger partial charge in [0.2, 0.25) is 17.7 Å². The van der Waals surface area contributed by atoms with Gasteiger partial charge in [-0.3, -0.25) is 38.4 Å². The number of carbonyl (C=O) groups is 8. The molecule has 7 fully saturated rings. The third-order valence-electron chi connectivity index (χ3n) is 19.7. The monoisotopic (exact) mass is 1270 g/mol. The van der Waals surface area contributed by atoms with E-state index in [0.717, 1.165) is 173 Å². The normalized spacial score (nSPS) is 29.9. The summed E-state index contributed by atoms with van der Waals surface area (Å²) in [6, 6.07) is 8.86. The van der Waals surface area contributed by atoms with Gasteiger partial charge in [0.15, 0.2) is 0 Å². The molecule has 7 aliphatic rings. The first-order valence-corrected chi connectivity index (χ1v) is 33.9. The number of rotatable bonds is 24. The second-order valence-corrected chi connectivity index (χ2v) is 26.2. The lowest BCUT2D eigenvalue weighted by Crippen LogP contribution is -2.57. The number of hydrogen-bond donors (Lipinski definition) is 4. The third kappa shape index (κ3) is 23.3. The van der Waals surface area contributed by atoms with Gasteiger partial charge in [-0.2, -0.15) is 0 Å². The number of aliphatic hydroxyl groups is 1. The van der Waals surface area contributed by atoms with E-state index in [9.17, 15) is 43.5 Å². The zero-order valence-electron chi connectivity index (χ0n) is 55.5. The predicted octanol–water partition coefficient (Wildman–Crippen LogP) is 10.3. The maximum atomic E-state index is 12.5. The van der Waals surface area contributed by atoms with Crippen molar-refractivity contribution in [3.05, 3.63) is 48.6 Å². The molecule has 1 aromatic rings. The Bertz CT molecular complexity index is 2410. The molecule has 0 aromatic heterocycles. The molecule has 508 valence electrons. The Balaban J connectivity index is 0.000000218. The molecule has 4 aliphatic carbocycles. The van der Waals surface area contributed by atoms with Gasteiger partial charge in [0.05, 0.1) is 87.0 Å². The van der Waals surface area contributed by atoms with E-state index in [4.69, 9.17) is 37.9 Å². The molecule has 12 atom stereocenters. The first kappa shape index (κ1) is 75.3. The lowest BCUT2D eigenvalue weighted by Gasteiger charge is -2.49. The quantitative estimate of drug-likeness (QED) is 0.0324. The molecule has 4 saturated carbocycles. The number of benzene rings is 1. The van der Waals surface area contributed by atoms with E-state index in [-0.39, 0.29) is 101 Å². The Morgan fingerprint density at radius 2 is 0.878 bits per heavy atom. The van der Waals surface area contributed by atoms with E-state index >= 15 is 0 Å². The molecule has 3 spiro atoms. The molecule has 0 radical (unpaired) electrons. The van der Waals surface area contributed by atoms with Crippen molar-refractivity contribution in [1.82, 2.24) is 16.0 Å². The van der Waals surface area contributed by atoms with Crippen LogP contribution >= 0.6 is 0 Å². The van der Waals surface area contributed by atoms with Crippen molar-refractivity contribution >= 4 is 47.6 Å². The van der Waals surface area contributed by atoms with Gasteiger partial charge in [0.1, 0.15) is 6.61 Å². The molecule has 4 unspecified atom stereocenters. The molecule has 3 aliphatic heterocycles.